The average Bonchev–Trinajstić information content (AvgIpc) is 2.64. The predicted molar refractivity (Wildman–Crippen MR) is 113 cm³/mol. The summed E-state index contributed by atoms with van der Waals surface area (Å²) in [5.74, 6) is -3.27. The third-order valence-electron chi connectivity index (χ3n) is 5.61. The van der Waals surface area contributed by atoms with Gasteiger partial charge in [-0.2, -0.15) is 0 Å². The molecule has 1 saturated heterocycles. The van der Waals surface area contributed by atoms with Gasteiger partial charge in [-0.15, -0.1) is 0 Å². The van der Waals surface area contributed by atoms with E-state index in [0.717, 1.165) is 37.3 Å². The van der Waals surface area contributed by atoms with Crippen molar-refractivity contribution in [2.45, 2.75) is 20.4 Å². The Labute approximate surface area is 173 Å². The molecule has 0 aliphatic carbocycles. The maximum absolute atomic E-state index is 12.3. The smallest absolute Gasteiger partial charge is 0.342 e. The highest BCUT2D eigenvalue weighted by molar-refractivity contribution is 6.07. The Morgan fingerprint density at radius 3 is 2.20 bits per heavy atom. The van der Waals surface area contributed by atoms with E-state index in [1.54, 1.807) is 13.0 Å². The second kappa shape index (κ2) is 8.29. The molecule has 0 atom stereocenters. The molecule has 1 aliphatic rings. The van der Waals surface area contributed by atoms with E-state index >= 15 is 0 Å². The van der Waals surface area contributed by atoms with Gasteiger partial charge < -0.3 is 25.8 Å². The molecule has 0 bridgehead atoms. The molecule has 0 amide bonds. The van der Waals surface area contributed by atoms with Crippen LogP contribution >= 0.6 is 0 Å². The Morgan fingerprint density at radius 2 is 1.63 bits per heavy atom. The van der Waals surface area contributed by atoms with Gasteiger partial charge in [0.2, 0.25) is 0 Å². The van der Waals surface area contributed by atoms with Crippen LogP contribution in [0.1, 0.15) is 37.4 Å². The normalized spacial score (nSPS) is 15.3. The molecular weight excluding hydrogens is 388 g/mol. The number of benzene rings is 1. The van der Waals surface area contributed by atoms with Crippen LogP contribution in [0.4, 0.5) is 5.82 Å². The second-order valence-electron chi connectivity index (χ2n) is 7.78. The van der Waals surface area contributed by atoms with Gasteiger partial charge in [0.1, 0.15) is 16.9 Å². The Hall–Kier alpha value is -3.17. The van der Waals surface area contributed by atoms with Gasteiger partial charge >= 0.3 is 11.9 Å². The number of pyridine rings is 1. The number of hydrogen-bond donors (Lipinski definition) is 4. The van der Waals surface area contributed by atoms with Crippen LogP contribution in [0.15, 0.2) is 16.9 Å². The van der Waals surface area contributed by atoms with Crippen molar-refractivity contribution in [2.75, 3.05) is 39.0 Å². The average molecular weight is 414 g/mol. The first-order chi connectivity index (χ1) is 14.1. The molecule has 1 fully saturated rings. The molecule has 30 heavy (non-hydrogen) atoms. The highest BCUT2D eigenvalue weighted by atomic mass is 16.4. The van der Waals surface area contributed by atoms with Crippen LogP contribution in [0.25, 0.3) is 11.1 Å². The van der Waals surface area contributed by atoms with E-state index in [9.17, 15) is 24.6 Å². The molecule has 1 aliphatic heterocycles. The van der Waals surface area contributed by atoms with E-state index in [2.05, 4.69) is 21.8 Å². The van der Waals surface area contributed by atoms with Crippen molar-refractivity contribution in [2.24, 2.45) is 0 Å². The zero-order valence-electron chi connectivity index (χ0n) is 17.3. The van der Waals surface area contributed by atoms with Crippen molar-refractivity contribution < 1.29 is 19.8 Å². The van der Waals surface area contributed by atoms with Crippen LogP contribution in [-0.2, 0) is 6.54 Å². The van der Waals surface area contributed by atoms with Gasteiger partial charge in [0.15, 0.2) is 0 Å². The SMILES string of the molecule is Cc1cc(C)c(-c2c(C(=O)O)c(N)[nH]c(=O)c2C(=O)O)cc1CN1CCN(C)CC1. The number of carbonyl (C=O) groups is 2. The molecule has 5 N–H and O–H groups in total. The van der Waals surface area contributed by atoms with E-state index in [1.807, 2.05) is 13.0 Å². The molecule has 9 heteroatoms. The van der Waals surface area contributed by atoms with Gasteiger partial charge in [-0.25, -0.2) is 9.59 Å². The molecule has 0 spiro atoms. The van der Waals surface area contributed by atoms with Gasteiger partial charge in [-0.05, 0) is 49.2 Å². The Morgan fingerprint density at radius 1 is 1.03 bits per heavy atom. The lowest BCUT2D eigenvalue weighted by molar-refractivity contribution is 0.0695. The molecule has 1 aromatic heterocycles. The van der Waals surface area contributed by atoms with Crippen molar-refractivity contribution in [1.82, 2.24) is 14.8 Å². The predicted octanol–water partition coefficient (Wildman–Crippen LogP) is 1.38. The lowest BCUT2D eigenvalue weighted by Gasteiger charge is -2.33. The molecule has 0 saturated carbocycles. The van der Waals surface area contributed by atoms with Crippen molar-refractivity contribution >= 4 is 17.8 Å². The van der Waals surface area contributed by atoms with Gasteiger partial charge in [0, 0.05) is 38.3 Å². The number of anilines is 1. The van der Waals surface area contributed by atoms with E-state index in [1.165, 1.54) is 0 Å². The number of H-pyrrole nitrogens is 1. The summed E-state index contributed by atoms with van der Waals surface area (Å²) in [6, 6.07) is 3.67. The number of hydrogen-bond acceptors (Lipinski definition) is 6. The van der Waals surface area contributed by atoms with E-state index in [0.29, 0.717) is 17.7 Å². The number of nitrogen functional groups attached to an aromatic ring is 1. The number of carboxylic acids is 2. The number of rotatable bonds is 5. The lowest BCUT2D eigenvalue weighted by Crippen LogP contribution is -2.43. The monoisotopic (exact) mass is 414 g/mol. The largest absolute Gasteiger partial charge is 0.478 e. The van der Waals surface area contributed by atoms with Crippen molar-refractivity contribution in [1.29, 1.82) is 0 Å². The zero-order chi connectivity index (χ0) is 22.2. The quantitative estimate of drug-likeness (QED) is 0.575. The molecule has 9 nitrogen and oxygen atoms in total. The lowest BCUT2D eigenvalue weighted by atomic mass is 9.89. The first kappa shape index (κ1) is 21.5. The van der Waals surface area contributed by atoms with Gasteiger partial charge in [-0.1, -0.05) is 6.07 Å². The zero-order valence-corrected chi connectivity index (χ0v) is 17.3. The highest BCUT2D eigenvalue weighted by Crippen LogP contribution is 2.33. The number of nitrogens with two attached hydrogens (primary N) is 1. The fraction of sp³-hybridized carbons (Fsp3) is 0.381. The first-order valence-corrected chi connectivity index (χ1v) is 9.63. The molecule has 160 valence electrons. The number of aryl methyl sites for hydroxylation is 2. The van der Waals surface area contributed by atoms with Crippen LogP contribution in [-0.4, -0.2) is 70.2 Å². The molecular formula is C21H26N4O5. The summed E-state index contributed by atoms with van der Waals surface area (Å²) >= 11 is 0. The summed E-state index contributed by atoms with van der Waals surface area (Å²) in [5, 5.41) is 19.3. The van der Waals surface area contributed by atoms with Crippen LogP contribution in [0.2, 0.25) is 0 Å². The fourth-order valence-electron chi connectivity index (χ4n) is 3.90. The number of aromatic amines is 1. The molecule has 2 heterocycles. The number of nitrogens with zero attached hydrogens (tertiary/aromatic N) is 2. The first-order valence-electron chi connectivity index (χ1n) is 9.63. The van der Waals surface area contributed by atoms with Crippen molar-refractivity contribution in [3.05, 3.63) is 50.3 Å². The Balaban J connectivity index is 2.20. The van der Waals surface area contributed by atoms with Gasteiger partial charge in [0.05, 0.1) is 0 Å². The maximum Gasteiger partial charge on any atom is 0.342 e. The third-order valence-corrected chi connectivity index (χ3v) is 5.61. The van der Waals surface area contributed by atoms with Crippen LogP contribution in [0.3, 0.4) is 0 Å². The molecule has 0 radical (unpaired) electrons. The number of aromatic nitrogens is 1. The maximum atomic E-state index is 12.3. The minimum Gasteiger partial charge on any atom is -0.478 e. The summed E-state index contributed by atoms with van der Waals surface area (Å²) in [5.41, 5.74) is 6.66. The topological polar surface area (TPSA) is 140 Å². The summed E-state index contributed by atoms with van der Waals surface area (Å²) < 4.78 is 0. The summed E-state index contributed by atoms with van der Waals surface area (Å²) in [6.45, 7) is 8.08. The minimum absolute atomic E-state index is 0.159. The van der Waals surface area contributed by atoms with Crippen LogP contribution in [0.5, 0.6) is 0 Å². The fourth-order valence-corrected chi connectivity index (χ4v) is 3.90. The second-order valence-corrected chi connectivity index (χ2v) is 7.78. The van der Waals surface area contributed by atoms with E-state index in [-0.39, 0.29) is 11.4 Å². The summed E-state index contributed by atoms with van der Waals surface area (Å²) in [4.78, 5) is 42.8. The standard InChI is InChI=1S/C21H26N4O5/c1-11-8-12(2)14(9-13(11)10-25-6-4-24(3)5-7-25)15-16(20(27)28)18(22)23-19(26)17(15)21(29)30/h8-9H,4-7,10H2,1-3H3,(H,27,28)(H,29,30)(H3,22,23,26). The third kappa shape index (κ3) is 4.07. The van der Waals surface area contributed by atoms with Crippen molar-refractivity contribution in [3.8, 4) is 11.1 Å². The number of carboxylic acid groups (broad SMARTS) is 2. The Kier molecular flexibility index (Phi) is 5.95. The number of aromatic carboxylic acids is 2. The van der Waals surface area contributed by atoms with Crippen molar-refractivity contribution in [3.63, 3.8) is 0 Å². The van der Waals surface area contributed by atoms with Gasteiger partial charge in [-0.3, -0.25) is 9.69 Å². The molecule has 3 rings (SSSR count). The van der Waals surface area contributed by atoms with Crippen LogP contribution < -0.4 is 11.3 Å². The molecule has 2 aromatic rings. The van der Waals surface area contributed by atoms with Gasteiger partial charge in [0.25, 0.3) is 5.56 Å². The Bertz CT molecular complexity index is 1070. The number of nitrogens with one attached hydrogen (secondary N) is 1. The van der Waals surface area contributed by atoms with Crippen LogP contribution in [0, 0.1) is 13.8 Å². The van der Waals surface area contributed by atoms with E-state index in [4.69, 9.17) is 5.73 Å². The summed E-state index contributed by atoms with van der Waals surface area (Å²) in [6.07, 6.45) is 0. The highest BCUT2D eigenvalue weighted by Gasteiger charge is 2.28. The number of likely N-dealkylation sites (N-methyl/N-ethyl adjacent to an activating group) is 1. The molecule has 0 unspecified atom stereocenters. The minimum atomic E-state index is -1.51. The van der Waals surface area contributed by atoms with E-state index < -0.39 is 28.6 Å². The summed E-state index contributed by atoms with van der Waals surface area (Å²) in [7, 11) is 2.07. The number of piperazine rings is 1. The molecule has 1 aromatic carbocycles.